The monoisotopic (exact) mass is 227 g/mol. The van der Waals surface area contributed by atoms with E-state index < -0.39 is 0 Å². The van der Waals surface area contributed by atoms with Crippen molar-refractivity contribution in [3.05, 3.63) is 53.6 Å². The van der Waals surface area contributed by atoms with Gasteiger partial charge in [0.05, 0.1) is 0 Å². The van der Waals surface area contributed by atoms with Crippen molar-refractivity contribution in [3.8, 4) is 0 Å². The van der Waals surface area contributed by atoms with Crippen molar-refractivity contribution < 1.29 is 0 Å². The third kappa shape index (κ3) is 2.97. The minimum Gasteiger partial charge on any atom is -0.384 e. The molecule has 17 heavy (non-hydrogen) atoms. The van der Waals surface area contributed by atoms with Crippen LogP contribution in [-0.2, 0) is 13.0 Å². The zero-order valence-electron chi connectivity index (χ0n) is 9.98. The number of nitrogens with one attached hydrogen (secondary N) is 1. The number of benzene rings is 1. The summed E-state index contributed by atoms with van der Waals surface area (Å²) in [5.74, 6) is 1.36. The van der Waals surface area contributed by atoms with Crippen molar-refractivity contribution in [2.75, 3.05) is 11.1 Å². The fraction of sp³-hybridized carbons (Fsp3) is 0.214. The molecule has 3 nitrogen and oxygen atoms in total. The molecule has 1 aromatic heterocycles. The number of nitrogens with two attached hydrogens (primary N) is 1. The minimum atomic E-state index is 0.541. The van der Waals surface area contributed by atoms with Gasteiger partial charge in [-0.1, -0.05) is 37.3 Å². The highest BCUT2D eigenvalue weighted by molar-refractivity contribution is 5.43. The average molecular weight is 227 g/mol. The van der Waals surface area contributed by atoms with Gasteiger partial charge in [-0.25, -0.2) is 4.98 Å². The molecule has 2 aromatic rings. The van der Waals surface area contributed by atoms with Crippen LogP contribution in [0.3, 0.4) is 0 Å². The number of aromatic nitrogens is 1. The van der Waals surface area contributed by atoms with Crippen LogP contribution in [0.5, 0.6) is 0 Å². The summed E-state index contributed by atoms with van der Waals surface area (Å²) in [6.07, 6.45) is 1.04. The molecule has 3 heteroatoms. The quantitative estimate of drug-likeness (QED) is 0.844. The highest BCUT2D eigenvalue weighted by atomic mass is 15.0. The lowest BCUT2D eigenvalue weighted by atomic mass is 10.1. The second kappa shape index (κ2) is 5.34. The van der Waals surface area contributed by atoms with Crippen LogP contribution in [0.25, 0.3) is 0 Å². The Morgan fingerprint density at radius 3 is 2.53 bits per heavy atom. The highest BCUT2D eigenvalue weighted by Crippen LogP contribution is 2.12. The van der Waals surface area contributed by atoms with Gasteiger partial charge in [0.2, 0.25) is 0 Å². The smallest absolute Gasteiger partial charge is 0.128 e. The molecule has 1 heterocycles. The molecule has 2 rings (SSSR count). The van der Waals surface area contributed by atoms with Crippen LogP contribution < -0.4 is 11.1 Å². The van der Waals surface area contributed by atoms with Crippen LogP contribution in [0.4, 0.5) is 11.6 Å². The lowest BCUT2D eigenvalue weighted by Gasteiger charge is -2.09. The molecule has 0 fully saturated rings. The van der Waals surface area contributed by atoms with Gasteiger partial charge in [0.25, 0.3) is 0 Å². The maximum Gasteiger partial charge on any atom is 0.128 e. The summed E-state index contributed by atoms with van der Waals surface area (Å²) in [7, 11) is 0. The van der Waals surface area contributed by atoms with Crippen molar-refractivity contribution >= 4 is 11.6 Å². The molecule has 0 spiro atoms. The molecule has 0 atom stereocenters. The second-order valence-corrected chi connectivity index (χ2v) is 3.92. The van der Waals surface area contributed by atoms with E-state index in [0.29, 0.717) is 5.82 Å². The lowest BCUT2D eigenvalue weighted by molar-refractivity contribution is 1.03. The lowest BCUT2D eigenvalue weighted by Crippen LogP contribution is -2.04. The number of anilines is 2. The first-order valence-electron chi connectivity index (χ1n) is 5.83. The van der Waals surface area contributed by atoms with Crippen LogP contribution in [0, 0.1) is 0 Å². The van der Waals surface area contributed by atoms with Crippen molar-refractivity contribution in [2.24, 2.45) is 0 Å². The zero-order valence-corrected chi connectivity index (χ0v) is 9.98. The second-order valence-electron chi connectivity index (χ2n) is 3.92. The molecule has 0 radical (unpaired) electrons. The van der Waals surface area contributed by atoms with Gasteiger partial charge in [0.1, 0.15) is 11.6 Å². The van der Waals surface area contributed by atoms with E-state index in [2.05, 4.69) is 41.5 Å². The molecular formula is C14H17N3. The summed E-state index contributed by atoms with van der Waals surface area (Å²) in [6, 6.07) is 14.0. The van der Waals surface area contributed by atoms with E-state index in [1.54, 1.807) is 6.07 Å². The molecule has 0 aliphatic heterocycles. The number of nitrogen functional groups attached to an aromatic ring is 1. The Bertz CT molecular complexity index is 494. The summed E-state index contributed by atoms with van der Waals surface area (Å²) in [4.78, 5) is 4.21. The molecule has 0 amide bonds. The number of nitrogens with zero attached hydrogens (tertiary/aromatic N) is 1. The largest absolute Gasteiger partial charge is 0.384 e. The molecule has 1 aromatic carbocycles. The summed E-state index contributed by atoms with van der Waals surface area (Å²) in [5, 5.41) is 3.29. The van der Waals surface area contributed by atoms with Gasteiger partial charge in [-0.3, -0.25) is 0 Å². The van der Waals surface area contributed by atoms with Gasteiger partial charge in [-0.15, -0.1) is 0 Å². The maximum atomic E-state index is 5.63. The van der Waals surface area contributed by atoms with Crippen LogP contribution in [-0.4, -0.2) is 4.98 Å². The summed E-state index contributed by atoms with van der Waals surface area (Å²) < 4.78 is 0. The molecular weight excluding hydrogens is 210 g/mol. The molecule has 0 saturated carbocycles. The first kappa shape index (κ1) is 11.5. The van der Waals surface area contributed by atoms with Gasteiger partial charge >= 0.3 is 0 Å². The Balaban J connectivity index is 2.07. The Hall–Kier alpha value is -2.03. The Morgan fingerprint density at radius 1 is 1.06 bits per heavy atom. The fourth-order valence-electron chi connectivity index (χ4n) is 1.81. The minimum absolute atomic E-state index is 0.541. The van der Waals surface area contributed by atoms with Crippen LogP contribution in [0.2, 0.25) is 0 Å². The summed E-state index contributed by atoms with van der Waals surface area (Å²) in [5.41, 5.74) is 8.30. The molecule has 0 saturated heterocycles. The predicted octanol–water partition coefficient (Wildman–Crippen LogP) is 2.84. The van der Waals surface area contributed by atoms with E-state index in [-0.39, 0.29) is 0 Å². The molecule has 3 N–H and O–H groups in total. The van der Waals surface area contributed by atoms with Crippen molar-refractivity contribution in [1.82, 2.24) is 4.98 Å². The van der Waals surface area contributed by atoms with E-state index in [1.165, 1.54) is 11.1 Å². The molecule has 0 aliphatic rings. The summed E-state index contributed by atoms with van der Waals surface area (Å²) in [6.45, 7) is 2.94. The SMILES string of the molecule is CCc1ccccc1CNc1cccc(N)n1. The van der Waals surface area contributed by atoms with Gasteiger partial charge < -0.3 is 11.1 Å². The van der Waals surface area contributed by atoms with E-state index in [9.17, 15) is 0 Å². The third-order valence-electron chi connectivity index (χ3n) is 2.73. The molecule has 0 unspecified atom stereocenters. The topological polar surface area (TPSA) is 50.9 Å². The van der Waals surface area contributed by atoms with E-state index in [0.717, 1.165) is 18.8 Å². The Labute approximate surface area is 102 Å². The van der Waals surface area contributed by atoms with Crippen molar-refractivity contribution in [2.45, 2.75) is 19.9 Å². The van der Waals surface area contributed by atoms with E-state index in [4.69, 9.17) is 5.73 Å². The molecule has 0 aliphatic carbocycles. The first-order chi connectivity index (χ1) is 8.29. The third-order valence-corrected chi connectivity index (χ3v) is 2.73. The Morgan fingerprint density at radius 2 is 1.82 bits per heavy atom. The first-order valence-corrected chi connectivity index (χ1v) is 5.83. The maximum absolute atomic E-state index is 5.63. The predicted molar refractivity (Wildman–Crippen MR) is 71.8 cm³/mol. The number of aryl methyl sites for hydroxylation is 1. The fourth-order valence-corrected chi connectivity index (χ4v) is 1.81. The average Bonchev–Trinajstić information content (AvgIpc) is 2.37. The van der Waals surface area contributed by atoms with Crippen LogP contribution >= 0.6 is 0 Å². The van der Waals surface area contributed by atoms with Crippen LogP contribution in [0.15, 0.2) is 42.5 Å². The van der Waals surface area contributed by atoms with E-state index >= 15 is 0 Å². The number of pyridine rings is 1. The highest BCUT2D eigenvalue weighted by Gasteiger charge is 2.00. The normalized spacial score (nSPS) is 10.2. The standard InChI is InChI=1S/C14H17N3/c1-2-11-6-3-4-7-12(11)10-16-14-9-5-8-13(15)17-14/h3-9H,2,10H2,1H3,(H3,15,16,17). The van der Waals surface area contributed by atoms with E-state index in [1.807, 2.05) is 12.1 Å². The van der Waals surface area contributed by atoms with Crippen molar-refractivity contribution in [3.63, 3.8) is 0 Å². The molecule has 0 bridgehead atoms. The number of hydrogen-bond donors (Lipinski definition) is 2. The Kier molecular flexibility index (Phi) is 3.60. The van der Waals surface area contributed by atoms with Gasteiger partial charge in [0, 0.05) is 6.54 Å². The summed E-state index contributed by atoms with van der Waals surface area (Å²) >= 11 is 0. The zero-order chi connectivity index (χ0) is 12.1. The van der Waals surface area contributed by atoms with Gasteiger partial charge in [-0.2, -0.15) is 0 Å². The van der Waals surface area contributed by atoms with Crippen molar-refractivity contribution in [1.29, 1.82) is 0 Å². The van der Waals surface area contributed by atoms with Crippen LogP contribution in [0.1, 0.15) is 18.1 Å². The van der Waals surface area contributed by atoms with Gasteiger partial charge in [0.15, 0.2) is 0 Å². The number of hydrogen-bond acceptors (Lipinski definition) is 3. The number of rotatable bonds is 4. The molecule has 88 valence electrons. The van der Waals surface area contributed by atoms with Gasteiger partial charge in [-0.05, 0) is 29.7 Å².